The summed E-state index contributed by atoms with van der Waals surface area (Å²) in [7, 11) is 0. The Morgan fingerprint density at radius 3 is 2.41 bits per heavy atom. The second-order valence-electron chi connectivity index (χ2n) is 13.8. The lowest BCUT2D eigenvalue weighted by Gasteiger charge is -2.29. The molecule has 1 saturated heterocycles. The minimum Gasteiger partial charge on any atom is -0.461 e. The number of aryl methyl sites for hydroxylation is 4. The largest absolute Gasteiger partial charge is 0.519 e. The standard InChI is InChI=1S/C37H38FN5O11/c1-9-37(17-48-28(45)14-36(7,8)29-20(3)12-19(2)13-24(29)51-23(6)44)11-10-27(54-37)43-18-40-30-31(39-15-25-21(4)49-34(46)52-25)42(33(38)41-32(30)43)16-26-22(5)50-35(47)53-26/h1,12-13,18,27H,10-11,14-17H2,2-8H3/b39-31-/t27-,37+/m1/s1. The fraction of sp³-hybridized carbons (Fsp3) is 0.432. The Kier molecular flexibility index (Phi) is 10.1. The van der Waals surface area contributed by atoms with Crippen LogP contribution < -0.4 is 21.9 Å². The average molecular weight is 748 g/mol. The van der Waals surface area contributed by atoms with Crippen LogP contribution in [0, 0.1) is 46.1 Å². The Hall–Kier alpha value is -6.02. The van der Waals surface area contributed by atoms with E-state index in [1.807, 2.05) is 33.8 Å². The monoisotopic (exact) mass is 747 g/mol. The number of carbonyl (C=O) groups is 2. The molecule has 284 valence electrons. The van der Waals surface area contributed by atoms with Crippen molar-refractivity contribution < 1.29 is 45.9 Å². The summed E-state index contributed by atoms with van der Waals surface area (Å²) >= 11 is 0. The average Bonchev–Trinajstić information content (AvgIpc) is 3.84. The van der Waals surface area contributed by atoms with Gasteiger partial charge in [-0.3, -0.25) is 23.7 Å². The molecule has 0 aliphatic carbocycles. The van der Waals surface area contributed by atoms with E-state index in [9.17, 15) is 19.2 Å². The van der Waals surface area contributed by atoms with Crippen LogP contribution in [0.4, 0.5) is 4.39 Å². The van der Waals surface area contributed by atoms with Crippen LogP contribution in [-0.4, -0.2) is 43.2 Å². The smallest absolute Gasteiger partial charge is 0.461 e. The highest BCUT2D eigenvalue weighted by molar-refractivity contribution is 5.74. The molecule has 0 radical (unpaired) electrons. The minimum atomic E-state index is -1.32. The number of fused-ring (bicyclic) bond motifs is 1. The van der Waals surface area contributed by atoms with Crippen LogP contribution in [-0.2, 0) is 37.6 Å². The van der Waals surface area contributed by atoms with E-state index in [2.05, 4.69) is 20.9 Å². The summed E-state index contributed by atoms with van der Waals surface area (Å²) in [6.07, 6.45) is 6.09. The van der Waals surface area contributed by atoms with Gasteiger partial charge in [-0.25, -0.2) is 14.6 Å². The zero-order valence-electron chi connectivity index (χ0n) is 30.7. The summed E-state index contributed by atoms with van der Waals surface area (Å²) in [5.41, 5.74) is 0.523. The molecule has 2 atom stereocenters. The molecule has 1 aliphatic heterocycles. The first-order chi connectivity index (χ1) is 25.5. The summed E-state index contributed by atoms with van der Waals surface area (Å²) in [6.45, 7) is 11.0. The number of carbonyl (C=O) groups excluding carboxylic acids is 2. The van der Waals surface area contributed by atoms with Crippen molar-refractivity contribution in [2.75, 3.05) is 6.61 Å². The predicted molar refractivity (Wildman–Crippen MR) is 185 cm³/mol. The zero-order chi connectivity index (χ0) is 39.1. The fourth-order valence-corrected chi connectivity index (χ4v) is 6.74. The number of terminal acetylenes is 1. The number of halogens is 1. The molecule has 1 aromatic carbocycles. The van der Waals surface area contributed by atoms with Gasteiger partial charge in [-0.2, -0.15) is 9.37 Å². The van der Waals surface area contributed by atoms with Gasteiger partial charge in [0.2, 0.25) is 0 Å². The lowest BCUT2D eigenvalue weighted by Crippen LogP contribution is -2.35. The molecule has 0 amide bonds. The normalized spacial score (nSPS) is 17.6. The first-order valence-corrected chi connectivity index (χ1v) is 16.9. The van der Waals surface area contributed by atoms with Gasteiger partial charge in [-0.05, 0) is 57.7 Å². The number of rotatable bonds is 11. The molecule has 54 heavy (non-hydrogen) atoms. The van der Waals surface area contributed by atoms with E-state index in [4.69, 9.17) is 38.3 Å². The molecular weight excluding hydrogens is 709 g/mol. The zero-order valence-corrected chi connectivity index (χ0v) is 30.7. The molecule has 6 rings (SSSR count). The maximum absolute atomic E-state index is 15.9. The van der Waals surface area contributed by atoms with E-state index in [-0.39, 0.29) is 72.2 Å². The van der Waals surface area contributed by atoms with E-state index in [0.29, 0.717) is 17.7 Å². The fourth-order valence-electron chi connectivity index (χ4n) is 6.74. The third-order valence-electron chi connectivity index (χ3n) is 9.16. The third kappa shape index (κ3) is 7.55. The van der Waals surface area contributed by atoms with Crippen molar-refractivity contribution in [2.45, 2.75) is 98.1 Å². The van der Waals surface area contributed by atoms with Gasteiger partial charge in [0.15, 0.2) is 33.8 Å². The number of nitrogens with zero attached hydrogens (tertiary/aromatic N) is 5. The van der Waals surface area contributed by atoms with Gasteiger partial charge >= 0.3 is 23.6 Å². The second-order valence-corrected chi connectivity index (χ2v) is 13.8. The summed E-state index contributed by atoms with van der Waals surface area (Å²) in [5, 5.41) is 0. The number of ether oxygens (including phenoxy) is 3. The van der Waals surface area contributed by atoms with Crippen molar-refractivity contribution in [2.24, 2.45) is 4.99 Å². The molecule has 16 nitrogen and oxygen atoms in total. The molecule has 0 bridgehead atoms. The van der Waals surface area contributed by atoms with Crippen LogP contribution in [0.2, 0.25) is 0 Å². The van der Waals surface area contributed by atoms with Crippen molar-refractivity contribution in [3.63, 3.8) is 0 Å². The highest BCUT2D eigenvalue weighted by Crippen LogP contribution is 2.40. The van der Waals surface area contributed by atoms with Crippen LogP contribution >= 0.6 is 0 Å². The number of esters is 2. The number of hydrogen-bond donors (Lipinski definition) is 0. The van der Waals surface area contributed by atoms with E-state index in [1.165, 1.54) is 31.7 Å². The third-order valence-corrected chi connectivity index (χ3v) is 9.16. The molecule has 0 N–H and O–H groups in total. The van der Waals surface area contributed by atoms with E-state index < -0.39 is 46.9 Å². The van der Waals surface area contributed by atoms with Crippen molar-refractivity contribution in [1.82, 2.24) is 19.1 Å². The van der Waals surface area contributed by atoms with Crippen LogP contribution in [0.25, 0.3) is 11.2 Å². The molecule has 17 heteroatoms. The highest BCUT2D eigenvalue weighted by atomic mass is 19.1. The quantitative estimate of drug-likeness (QED) is 0.0801. The van der Waals surface area contributed by atoms with Gasteiger partial charge in [-0.1, -0.05) is 25.8 Å². The van der Waals surface area contributed by atoms with E-state index >= 15 is 4.39 Å². The van der Waals surface area contributed by atoms with E-state index in [0.717, 1.165) is 15.7 Å². The Balaban J connectivity index is 1.25. The van der Waals surface area contributed by atoms with Crippen LogP contribution in [0.3, 0.4) is 0 Å². The maximum atomic E-state index is 15.9. The van der Waals surface area contributed by atoms with Crippen molar-refractivity contribution in [3.05, 3.63) is 91.0 Å². The number of imidazole rings is 1. The van der Waals surface area contributed by atoms with Gasteiger partial charge < -0.3 is 31.9 Å². The highest BCUT2D eigenvalue weighted by Gasteiger charge is 2.42. The molecule has 0 spiro atoms. The van der Waals surface area contributed by atoms with Gasteiger partial charge in [0.25, 0.3) is 6.08 Å². The van der Waals surface area contributed by atoms with Gasteiger partial charge in [0.1, 0.15) is 36.6 Å². The molecule has 5 aromatic rings. The Labute approximate surface area is 306 Å². The Morgan fingerprint density at radius 1 is 1.09 bits per heavy atom. The van der Waals surface area contributed by atoms with Crippen LogP contribution in [0.15, 0.2) is 50.7 Å². The molecule has 0 saturated carbocycles. The Bertz CT molecular complexity index is 2510. The number of hydrogen-bond acceptors (Lipinski definition) is 14. The number of aromatic nitrogens is 4. The second kappa shape index (κ2) is 14.4. The first kappa shape index (κ1) is 37.7. The van der Waals surface area contributed by atoms with E-state index in [1.54, 1.807) is 6.07 Å². The van der Waals surface area contributed by atoms with Gasteiger partial charge in [-0.15, -0.1) is 6.42 Å². The SMILES string of the molecule is C#C[C@@]1(COC(=O)CC(C)(C)c2c(C)cc(C)cc2OC(C)=O)CC[C@H](n2cnc3/c(=N/Cc4oc(=O)oc4C)n(Cc4oc(=O)oc4C)c(F)nc32)O1. The lowest BCUT2D eigenvalue weighted by atomic mass is 9.78. The molecule has 0 unspecified atom stereocenters. The summed E-state index contributed by atoms with van der Waals surface area (Å²) < 4.78 is 56.0. The van der Waals surface area contributed by atoms with Crippen LogP contribution in [0.1, 0.15) is 86.0 Å². The summed E-state index contributed by atoms with van der Waals surface area (Å²) in [6, 6.07) is 3.71. The Morgan fingerprint density at radius 2 is 1.78 bits per heavy atom. The lowest BCUT2D eigenvalue weighted by molar-refractivity contribution is -0.153. The molecule has 1 fully saturated rings. The first-order valence-electron chi connectivity index (χ1n) is 16.9. The van der Waals surface area contributed by atoms with Gasteiger partial charge in [0, 0.05) is 17.9 Å². The van der Waals surface area contributed by atoms with Crippen LogP contribution in [0.5, 0.6) is 5.75 Å². The molecule has 1 aliphatic rings. The van der Waals surface area contributed by atoms with Crippen molar-refractivity contribution in [3.8, 4) is 18.1 Å². The summed E-state index contributed by atoms with van der Waals surface area (Å²) in [5.74, 6) is 0.561. The van der Waals surface area contributed by atoms with Crippen molar-refractivity contribution in [1.29, 1.82) is 0 Å². The molecule has 4 aromatic heterocycles. The number of benzene rings is 1. The maximum Gasteiger partial charge on any atom is 0.519 e. The topological polar surface area (TPSA) is 197 Å². The van der Waals surface area contributed by atoms with Crippen molar-refractivity contribution >= 4 is 23.1 Å². The molecular formula is C37H38FN5O11. The van der Waals surface area contributed by atoms with Gasteiger partial charge in [0.05, 0.1) is 19.3 Å². The summed E-state index contributed by atoms with van der Waals surface area (Å²) in [4.78, 5) is 61.6. The molecule has 5 heterocycles. The minimum absolute atomic E-state index is 0.0267. The predicted octanol–water partition coefficient (Wildman–Crippen LogP) is 4.36.